The van der Waals surface area contributed by atoms with E-state index < -0.39 is 6.29 Å². The van der Waals surface area contributed by atoms with Crippen LogP contribution in [0.2, 0.25) is 0 Å². The van der Waals surface area contributed by atoms with Crippen molar-refractivity contribution >= 4 is 6.47 Å². The zero-order valence-electron chi connectivity index (χ0n) is 9.82. The Hall–Kier alpha value is -0.610. The lowest BCUT2D eigenvalue weighted by Crippen LogP contribution is -2.22. The van der Waals surface area contributed by atoms with Crippen molar-refractivity contribution in [3.8, 4) is 0 Å². The van der Waals surface area contributed by atoms with Gasteiger partial charge < -0.3 is 14.2 Å². The molecule has 0 heterocycles. The van der Waals surface area contributed by atoms with E-state index in [4.69, 9.17) is 9.47 Å². The van der Waals surface area contributed by atoms with Crippen LogP contribution in [0.15, 0.2) is 0 Å². The molecule has 0 aromatic rings. The van der Waals surface area contributed by atoms with E-state index >= 15 is 0 Å². The van der Waals surface area contributed by atoms with Crippen molar-refractivity contribution < 1.29 is 19.0 Å². The van der Waals surface area contributed by atoms with Crippen LogP contribution in [-0.4, -0.2) is 25.7 Å². The Morgan fingerprint density at radius 3 is 2.47 bits per heavy atom. The van der Waals surface area contributed by atoms with E-state index in [0.29, 0.717) is 6.61 Å². The van der Waals surface area contributed by atoms with E-state index in [9.17, 15) is 4.79 Å². The van der Waals surface area contributed by atoms with E-state index in [2.05, 4.69) is 11.7 Å². The molecular weight excluding hydrogens is 196 g/mol. The van der Waals surface area contributed by atoms with E-state index in [-0.39, 0.29) is 6.29 Å². The molecule has 15 heavy (non-hydrogen) atoms. The molecule has 0 aromatic heterocycles. The zero-order chi connectivity index (χ0) is 11.5. The van der Waals surface area contributed by atoms with Crippen LogP contribution in [0, 0.1) is 0 Å². The summed E-state index contributed by atoms with van der Waals surface area (Å²) in [5.41, 5.74) is 0. The van der Waals surface area contributed by atoms with Crippen molar-refractivity contribution in [1.82, 2.24) is 0 Å². The molecular formula is C11H21O4. The molecule has 4 heteroatoms. The molecule has 0 aliphatic carbocycles. The maximum atomic E-state index is 9.86. The maximum Gasteiger partial charge on any atom is 0.419 e. The molecule has 0 saturated heterocycles. The third kappa shape index (κ3) is 9.69. The van der Waals surface area contributed by atoms with Crippen LogP contribution in [0.25, 0.3) is 0 Å². The second kappa shape index (κ2) is 9.93. The van der Waals surface area contributed by atoms with Gasteiger partial charge in [-0.3, -0.25) is 0 Å². The molecule has 0 bridgehead atoms. The quantitative estimate of drug-likeness (QED) is 0.416. The smallest absolute Gasteiger partial charge is 0.419 e. The summed E-state index contributed by atoms with van der Waals surface area (Å²) in [7, 11) is 0. The summed E-state index contributed by atoms with van der Waals surface area (Å²) >= 11 is 0. The van der Waals surface area contributed by atoms with E-state index in [1.165, 1.54) is 25.7 Å². The minimum atomic E-state index is -0.604. The molecule has 89 valence electrons. The number of carbonyl (C=O) groups excluding carboxylic acids is 1. The van der Waals surface area contributed by atoms with Crippen LogP contribution in [0.4, 0.5) is 0 Å². The second-order valence-corrected chi connectivity index (χ2v) is 3.40. The number of ether oxygens (including phenoxy) is 3. The molecule has 0 fully saturated rings. The molecule has 0 aromatic carbocycles. The van der Waals surface area contributed by atoms with Crippen LogP contribution in [-0.2, 0) is 19.0 Å². The maximum absolute atomic E-state index is 9.86. The molecule has 0 amide bonds. The number of unbranched alkanes of at least 4 members (excludes halogenated alkanes) is 3. The predicted octanol–water partition coefficient (Wildman–Crippen LogP) is 2.38. The lowest BCUT2D eigenvalue weighted by atomic mass is 10.2. The summed E-state index contributed by atoms with van der Waals surface area (Å²) in [5, 5.41) is 0. The standard InChI is InChI=1S/C11H21O4/c1-4-5-6-7-8-13-10(2)15-11(3)14-9-12/h10-11H,4-8H2,1-3H3. The Bertz CT molecular complexity index is 150. The van der Waals surface area contributed by atoms with Crippen molar-refractivity contribution in [1.29, 1.82) is 0 Å². The molecule has 0 saturated carbocycles. The average Bonchev–Trinajstić information content (AvgIpc) is 2.17. The van der Waals surface area contributed by atoms with Gasteiger partial charge in [-0.1, -0.05) is 26.2 Å². The first-order valence-corrected chi connectivity index (χ1v) is 5.50. The van der Waals surface area contributed by atoms with Gasteiger partial charge in [0.25, 0.3) is 0 Å². The Labute approximate surface area is 91.9 Å². The normalized spacial score (nSPS) is 14.6. The Kier molecular flexibility index (Phi) is 9.52. The predicted molar refractivity (Wildman–Crippen MR) is 56.9 cm³/mol. The fourth-order valence-electron chi connectivity index (χ4n) is 1.18. The molecule has 2 unspecified atom stereocenters. The van der Waals surface area contributed by atoms with Crippen LogP contribution in [0.3, 0.4) is 0 Å². The molecule has 4 nitrogen and oxygen atoms in total. The van der Waals surface area contributed by atoms with Gasteiger partial charge in [0.15, 0.2) is 6.29 Å². The van der Waals surface area contributed by atoms with Gasteiger partial charge in [0.2, 0.25) is 6.29 Å². The third-order valence-corrected chi connectivity index (χ3v) is 1.95. The summed E-state index contributed by atoms with van der Waals surface area (Å²) in [4.78, 5) is 9.86. The first-order chi connectivity index (χ1) is 7.20. The summed E-state index contributed by atoms with van der Waals surface area (Å²) in [5.74, 6) is 0. The average molecular weight is 217 g/mol. The fraction of sp³-hybridized carbons (Fsp3) is 0.909. The van der Waals surface area contributed by atoms with Crippen molar-refractivity contribution in [2.45, 2.75) is 59.0 Å². The van der Waals surface area contributed by atoms with Crippen molar-refractivity contribution in [3.63, 3.8) is 0 Å². The number of hydrogen-bond donors (Lipinski definition) is 0. The SMILES string of the molecule is CCCCCCOC(C)OC(C)O[C]=O. The summed E-state index contributed by atoms with van der Waals surface area (Å²) in [6.45, 7) is 7.58. The van der Waals surface area contributed by atoms with Gasteiger partial charge in [-0.25, -0.2) is 4.79 Å². The summed E-state index contributed by atoms with van der Waals surface area (Å²) in [6, 6.07) is 0. The zero-order valence-corrected chi connectivity index (χ0v) is 9.82. The molecule has 0 aliphatic rings. The fourth-order valence-corrected chi connectivity index (χ4v) is 1.18. The minimum Gasteiger partial charge on any atom is -0.428 e. The molecule has 0 N–H and O–H groups in total. The highest BCUT2D eigenvalue weighted by Gasteiger charge is 2.08. The lowest BCUT2D eigenvalue weighted by Gasteiger charge is -2.17. The topological polar surface area (TPSA) is 44.8 Å². The first kappa shape index (κ1) is 14.4. The van der Waals surface area contributed by atoms with E-state index in [1.807, 2.05) is 0 Å². The van der Waals surface area contributed by atoms with Crippen LogP contribution >= 0.6 is 0 Å². The second-order valence-electron chi connectivity index (χ2n) is 3.40. The third-order valence-electron chi connectivity index (χ3n) is 1.95. The van der Waals surface area contributed by atoms with Crippen molar-refractivity contribution in [2.24, 2.45) is 0 Å². The Morgan fingerprint density at radius 1 is 1.13 bits per heavy atom. The van der Waals surface area contributed by atoms with Gasteiger partial charge in [-0.05, 0) is 20.3 Å². The van der Waals surface area contributed by atoms with Gasteiger partial charge in [-0.2, -0.15) is 0 Å². The highest BCUT2D eigenvalue weighted by atomic mass is 16.8. The minimum absolute atomic E-state index is 0.352. The Morgan fingerprint density at radius 2 is 1.87 bits per heavy atom. The summed E-state index contributed by atoms with van der Waals surface area (Å²) < 4.78 is 15.0. The van der Waals surface area contributed by atoms with Gasteiger partial charge in [0.05, 0.1) is 0 Å². The molecule has 1 radical (unpaired) electrons. The molecule has 0 rings (SSSR count). The highest BCUT2D eigenvalue weighted by molar-refractivity contribution is 5.38. The van der Waals surface area contributed by atoms with Gasteiger partial charge >= 0.3 is 6.47 Å². The van der Waals surface area contributed by atoms with Gasteiger partial charge in [0, 0.05) is 6.61 Å². The van der Waals surface area contributed by atoms with E-state index in [0.717, 1.165) is 6.42 Å². The van der Waals surface area contributed by atoms with Crippen LogP contribution in [0.5, 0.6) is 0 Å². The number of rotatable bonds is 10. The largest absolute Gasteiger partial charge is 0.428 e. The lowest BCUT2D eigenvalue weighted by molar-refractivity contribution is -0.208. The highest BCUT2D eigenvalue weighted by Crippen LogP contribution is 2.04. The molecule has 0 spiro atoms. The van der Waals surface area contributed by atoms with Crippen molar-refractivity contribution in [2.75, 3.05) is 6.61 Å². The monoisotopic (exact) mass is 217 g/mol. The molecule has 0 aliphatic heterocycles. The van der Waals surface area contributed by atoms with E-state index in [1.54, 1.807) is 13.8 Å². The summed E-state index contributed by atoms with van der Waals surface area (Å²) in [6.07, 6.45) is 3.71. The van der Waals surface area contributed by atoms with Gasteiger partial charge in [0.1, 0.15) is 0 Å². The van der Waals surface area contributed by atoms with Crippen molar-refractivity contribution in [3.05, 3.63) is 0 Å². The first-order valence-electron chi connectivity index (χ1n) is 5.50. The van der Waals surface area contributed by atoms with Crippen LogP contribution in [0.1, 0.15) is 46.5 Å². The molecule has 2 atom stereocenters. The Balaban J connectivity index is 3.32. The number of hydrogen-bond acceptors (Lipinski definition) is 4. The van der Waals surface area contributed by atoms with Gasteiger partial charge in [-0.15, -0.1) is 0 Å². The van der Waals surface area contributed by atoms with Crippen LogP contribution < -0.4 is 0 Å².